The highest BCUT2D eigenvalue weighted by Gasteiger charge is 2.23. The second kappa shape index (κ2) is 9.21. The molecule has 142 valence electrons. The van der Waals surface area contributed by atoms with E-state index < -0.39 is 10.1 Å². The van der Waals surface area contributed by atoms with Gasteiger partial charge in [0.1, 0.15) is 5.78 Å². The van der Waals surface area contributed by atoms with Crippen molar-refractivity contribution in [1.29, 1.82) is 0 Å². The summed E-state index contributed by atoms with van der Waals surface area (Å²) in [7, 11) is -0.0253. The molecule has 0 atom stereocenters. The molecular weight excluding hydrogens is 348 g/mol. The van der Waals surface area contributed by atoms with Gasteiger partial charge < -0.3 is 4.48 Å². The highest BCUT2D eigenvalue weighted by Crippen LogP contribution is 2.09. The average molecular weight is 375 g/mol. The molecule has 0 fully saturated rings. The van der Waals surface area contributed by atoms with E-state index in [1.54, 1.807) is 0 Å². The van der Waals surface area contributed by atoms with Crippen molar-refractivity contribution in [1.82, 2.24) is 4.90 Å². The van der Waals surface area contributed by atoms with Crippen LogP contribution in [-0.2, 0) is 24.5 Å². The summed E-state index contributed by atoms with van der Waals surface area (Å²) in [5.74, 6) is -0.830. The molecule has 1 rings (SSSR count). The second-order valence-electron chi connectivity index (χ2n) is 6.93. The maximum Gasteiger partial charge on any atom is 0.265 e. The van der Waals surface area contributed by atoms with Gasteiger partial charge >= 0.3 is 0 Å². The third-order valence-corrected chi connectivity index (χ3v) is 4.93. The van der Waals surface area contributed by atoms with Gasteiger partial charge in [0.2, 0.25) is 0 Å². The quantitative estimate of drug-likeness (QED) is 0.300. The van der Waals surface area contributed by atoms with Crippen molar-refractivity contribution in [2.24, 2.45) is 0 Å². The van der Waals surface area contributed by atoms with Crippen molar-refractivity contribution >= 4 is 27.7 Å². The fourth-order valence-electron chi connectivity index (χ4n) is 2.70. The molecule has 2 amide bonds. The number of Topliss-reactive ketones (excluding diaryl/α,β-unsaturated/α-hetero) is 1. The van der Waals surface area contributed by atoms with Crippen LogP contribution in [0.4, 0.5) is 0 Å². The lowest BCUT2D eigenvalue weighted by atomic mass is 10.1. The Morgan fingerprint density at radius 3 is 2.12 bits per heavy atom. The van der Waals surface area contributed by atoms with Crippen LogP contribution in [0.1, 0.15) is 32.1 Å². The molecule has 0 bridgehead atoms. The van der Waals surface area contributed by atoms with Crippen LogP contribution in [0.3, 0.4) is 0 Å². The lowest BCUT2D eigenvalue weighted by Gasteiger charge is -2.29. The molecule has 0 aliphatic carbocycles. The molecule has 0 unspecified atom stereocenters. The van der Waals surface area contributed by atoms with Gasteiger partial charge in [-0.2, -0.15) is 8.42 Å². The smallest absolute Gasteiger partial charge is 0.265 e. The van der Waals surface area contributed by atoms with E-state index in [4.69, 9.17) is 4.55 Å². The van der Waals surface area contributed by atoms with E-state index in [0.717, 1.165) is 11.4 Å². The van der Waals surface area contributed by atoms with Crippen LogP contribution in [0.5, 0.6) is 0 Å². The van der Waals surface area contributed by atoms with Crippen LogP contribution in [-0.4, -0.2) is 79.4 Å². The molecule has 1 heterocycles. The Hall–Kier alpha value is -1.58. The number of quaternary nitrogens is 1. The molecule has 8 nitrogen and oxygen atoms in total. The van der Waals surface area contributed by atoms with Crippen LogP contribution < -0.4 is 0 Å². The van der Waals surface area contributed by atoms with Crippen molar-refractivity contribution in [3.63, 3.8) is 0 Å². The molecule has 0 spiro atoms. The Kier molecular flexibility index (Phi) is 7.91. The van der Waals surface area contributed by atoms with Gasteiger partial charge in [-0.1, -0.05) is 0 Å². The summed E-state index contributed by atoms with van der Waals surface area (Å²) in [6, 6.07) is 0. The van der Waals surface area contributed by atoms with E-state index in [1.807, 2.05) is 14.1 Å². The third kappa shape index (κ3) is 8.89. The summed E-state index contributed by atoms with van der Waals surface area (Å²) in [5.41, 5.74) is 0. The zero-order chi connectivity index (χ0) is 19.1. The number of carbonyl (C=O) groups is 3. The monoisotopic (exact) mass is 375 g/mol. The Balaban J connectivity index is 2.17. The average Bonchev–Trinajstić information content (AvgIpc) is 2.77. The van der Waals surface area contributed by atoms with Crippen molar-refractivity contribution in [3.8, 4) is 0 Å². The van der Waals surface area contributed by atoms with E-state index in [0.29, 0.717) is 43.1 Å². The van der Waals surface area contributed by atoms with Gasteiger partial charge in [0.25, 0.3) is 21.9 Å². The van der Waals surface area contributed by atoms with Crippen LogP contribution in [0, 0.1) is 0 Å². The minimum Gasteiger partial charge on any atom is -0.328 e. The first-order chi connectivity index (χ1) is 11.5. The zero-order valence-electron chi connectivity index (χ0n) is 14.8. The second-order valence-corrected chi connectivity index (χ2v) is 8.50. The minimum atomic E-state index is -3.93. The minimum absolute atomic E-state index is 0.0880. The molecule has 9 heteroatoms. The zero-order valence-corrected chi connectivity index (χ0v) is 15.6. The predicted molar refractivity (Wildman–Crippen MR) is 92.2 cm³/mol. The molecule has 0 saturated carbocycles. The van der Waals surface area contributed by atoms with Gasteiger partial charge in [0.05, 0.1) is 32.9 Å². The van der Waals surface area contributed by atoms with E-state index in [2.05, 4.69) is 0 Å². The molecular formula is C16H27N2O6S+. The van der Waals surface area contributed by atoms with Crippen LogP contribution >= 0.6 is 0 Å². The Morgan fingerprint density at radius 1 is 1.04 bits per heavy atom. The molecule has 0 aromatic heterocycles. The molecule has 1 aliphatic rings. The number of carbonyl (C=O) groups excluding carboxylic acids is 3. The number of hydrogen-bond acceptors (Lipinski definition) is 5. The van der Waals surface area contributed by atoms with Gasteiger partial charge in [0, 0.05) is 44.4 Å². The summed E-state index contributed by atoms with van der Waals surface area (Å²) in [4.78, 5) is 35.8. The number of hydrogen-bond donors (Lipinski definition) is 1. The van der Waals surface area contributed by atoms with Crippen molar-refractivity contribution < 1.29 is 31.8 Å². The Bertz CT molecular complexity index is 621. The molecule has 1 aliphatic heterocycles. The molecule has 0 aromatic rings. The van der Waals surface area contributed by atoms with Crippen LogP contribution in [0.25, 0.3) is 0 Å². The molecule has 0 aromatic carbocycles. The summed E-state index contributed by atoms with van der Waals surface area (Å²) < 4.78 is 30.7. The SMILES string of the molecule is C[N+](C)(CCCC(=O)CCCN1C(=O)C=CC1=O)CCCS(=O)(=O)O. The predicted octanol–water partition coefficient (Wildman–Crippen LogP) is 0.395. The summed E-state index contributed by atoms with van der Waals surface area (Å²) >= 11 is 0. The van der Waals surface area contributed by atoms with E-state index >= 15 is 0 Å². The first-order valence-electron chi connectivity index (χ1n) is 8.33. The summed E-state index contributed by atoms with van der Waals surface area (Å²) in [6.45, 7) is 1.58. The first-order valence-corrected chi connectivity index (χ1v) is 9.93. The number of nitrogens with zero attached hydrogens (tertiary/aromatic N) is 2. The van der Waals surface area contributed by atoms with Crippen molar-refractivity contribution in [3.05, 3.63) is 12.2 Å². The van der Waals surface area contributed by atoms with Crippen LogP contribution in [0.2, 0.25) is 0 Å². The van der Waals surface area contributed by atoms with Gasteiger partial charge in [-0.25, -0.2) is 0 Å². The standard InChI is InChI=1S/C16H26N2O6S/c1-18(2,12-5-13-25(22,23)24)11-4-7-14(19)6-3-10-17-15(20)8-9-16(17)21/h8-9H,3-7,10-13H2,1-2H3/p+1. The normalized spacial score (nSPS) is 15.2. The highest BCUT2D eigenvalue weighted by molar-refractivity contribution is 7.85. The maximum absolute atomic E-state index is 11.9. The molecule has 25 heavy (non-hydrogen) atoms. The lowest BCUT2D eigenvalue weighted by Crippen LogP contribution is -2.42. The fourth-order valence-corrected chi connectivity index (χ4v) is 3.20. The number of ketones is 1. The van der Waals surface area contributed by atoms with Crippen molar-refractivity contribution in [2.45, 2.75) is 32.1 Å². The lowest BCUT2D eigenvalue weighted by molar-refractivity contribution is -0.890. The van der Waals surface area contributed by atoms with Crippen LogP contribution in [0.15, 0.2) is 12.2 Å². The van der Waals surface area contributed by atoms with E-state index in [1.165, 1.54) is 12.2 Å². The highest BCUT2D eigenvalue weighted by atomic mass is 32.2. The largest absolute Gasteiger partial charge is 0.328 e. The third-order valence-electron chi connectivity index (χ3n) is 4.12. The number of imide groups is 1. The van der Waals surface area contributed by atoms with E-state index in [9.17, 15) is 22.8 Å². The van der Waals surface area contributed by atoms with Gasteiger partial charge in [-0.05, 0) is 6.42 Å². The van der Waals surface area contributed by atoms with Gasteiger partial charge in [-0.15, -0.1) is 0 Å². The fraction of sp³-hybridized carbons (Fsp3) is 0.688. The topological polar surface area (TPSA) is 109 Å². The first kappa shape index (κ1) is 21.5. The number of rotatable bonds is 12. The summed E-state index contributed by atoms with van der Waals surface area (Å²) in [5, 5.41) is 0. The van der Waals surface area contributed by atoms with Gasteiger partial charge in [-0.3, -0.25) is 23.8 Å². The Morgan fingerprint density at radius 2 is 1.56 bits per heavy atom. The van der Waals surface area contributed by atoms with Gasteiger partial charge in [0.15, 0.2) is 0 Å². The maximum atomic E-state index is 11.9. The van der Waals surface area contributed by atoms with E-state index in [-0.39, 0.29) is 29.9 Å². The number of amides is 2. The molecule has 0 radical (unpaired) electrons. The molecule has 1 N–H and O–H groups in total. The molecule has 0 saturated heterocycles. The summed E-state index contributed by atoms with van der Waals surface area (Å²) in [6.07, 6.45) is 4.71. The van der Waals surface area contributed by atoms with Crippen molar-refractivity contribution in [2.75, 3.05) is 39.5 Å². The Labute approximate surface area is 148 Å².